The number of aliphatic hydroxyl groups excluding tert-OH is 2. The van der Waals surface area contributed by atoms with Crippen molar-refractivity contribution < 1.29 is 20.1 Å². The van der Waals surface area contributed by atoms with Crippen LogP contribution in [0.4, 0.5) is 5.69 Å². The molecular weight excluding hydrogens is 250 g/mol. The van der Waals surface area contributed by atoms with E-state index in [-0.39, 0.29) is 30.5 Å². The van der Waals surface area contributed by atoms with Crippen LogP contribution in [0.1, 0.15) is 43.0 Å². The van der Waals surface area contributed by atoms with Crippen molar-refractivity contribution in [3.05, 3.63) is 17.7 Å². The van der Waals surface area contributed by atoms with E-state index in [2.05, 4.69) is 15.3 Å². The number of rotatable bonds is 6. The molecule has 0 aliphatic rings. The molecule has 0 amide bonds. The third-order valence-corrected chi connectivity index (χ3v) is 2.66. The lowest BCUT2D eigenvalue weighted by Crippen LogP contribution is -2.43. The van der Waals surface area contributed by atoms with Gasteiger partial charge < -0.3 is 20.6 Å². The predicted molar refractivity (Wildman–Crippen MR) is 69.3 cm³/mol. The Kier molecular flexibility index (Phi) is 4.79. The highest BCUT2D eigenvalue weighted by Crippen LogP contribution is 2.20. The molecule has 0 aliphatic heterocycles. The number of carboxylic acids is 1. The van der Waals surface area contributed by atoms with Crippen molar-refractivity contribution >= 4 is 11.7 Å². The molecule has 0 atom stereocenters. The van der Waals surface area contributed by atoms with Crippen LogP contribution in [0.5, 0.6) is 0 Å². The zero-order valence-electron chi connectivity index (χ0n) is 11.2. The van der Waals surface area contributed by atoms with Crippen LogP contribution >= 0.6 is 0 Å². The minimum Gasteiger partial charge on any atom is -0.476 e. The van der Waals surface area contributed by atoms with Gasteiger partial charge in [-0.05, 0) is 6.92 Å². The largest absolute Gasteiger partial charge is 0.476 e. The second kappa shape index (κ2) is 5.94. The molecule has 0 saturated heterocycles. The zero-order valence-corrected chi connectivity index (χ0v) is 11.2. The molecule has 0 aromatic carbocycles. The fourth-order valence-electron chi connectivity index (χ4n) is 1.38. The maximum Gasteiger partial charge on any atom is 0.356 e. The Hall–Kier alpha value is -1.73. The van der Waals surface area contributed by atoms with E-state index < -0.39 is 11.5 Å². The molecule has 19 heavy (non-hydrogen) atoms. The van der Waals surface area contributed by atoms with Crippen molar-refractivity contribution in [3.8, 4) is 0 Å². The molecule has 0 aliphatic carbocycles. The molecule has 0 radical (unpaired) electrons. The Morgan fingerprint density at radius 2 is 2.00 bits per heavy atom. The topological polar surface area (TPSA) is 116 Å². The number of anilines is 1. The maximum absolute atomic E-state index is 11.2. The van der Waals surface area contributed by atoms with Crippen LogP contribution in [0.15, 0.2) is 6.20 Å². The fraction of sp³-hybridized carbons (Fsp3) is 0.583. The molecule has 0 bridgehead atoms. The molecule has 106 valence electrons. The summed E-state index contributed by atoms with van der Waals surface area (Å²) in [5, 5.41) is 30.3. The number of aromatic carboxylic acids is 1. The number of carbonyl (C=O) groups is 1. The van der Waals surface area contributed by atoms with Crippen LogP contribution in [0, 0.1) is 0 Å². The van der Waals surface area contributed by atoms with Gasteiger partial charge in [0, 0.05) is 5.92 Å². The van der Waals surface area contributed by atoms with Gasteiger partial charge in [0.05, 0.1) is 30.6 Å². The van der Waals surface area contributed by atoms with Crippen molar-refractivity contribution in [1.29, 1.82) is 0 Å². The number of carboxylic acid groups (broad SMARTS) is 1. The van der Waals surface area contributed by atoms with Crippen molar-refractivity contribution in [2.45, 2.75) is 32.2 Å². The summed E-state index contributed by atoms with van der Waals surface area (Å²) in [5.74, 6) is -0.753. The molecule has 0 unspecified atom stereocenters. The summed E-state index contributed by atoms with van der Waals surface area (Å²) in [6, 6.07) is 0. The highest BCUT2D eigenvalue weighted by molar-refractivity contribution is 5.91. The van der Waals surface area contributed by atoms with Gasteiger partial charge in [-0.15, -0.1) is 0 Å². The van der Waals surface area contributed by atoms with E-state index in [0.29, 0.717) is 5.82 Å². The molecule has 0 spiro atoms. The van der Waals surface area contributed by atoms with E-state index in [9.17, 15) is 15.0 Å². The smallest absolute Gasteiger partial charge is 0.356 e. The third-order valence-electron chi connectivity index (χ3n) is 2.66. The Morgan fingerprint density at radius 1 is 1.42 bits per heavy atom. The Morgan fingerprint density at radius 3 is 2.42 bits per heavy atom. The zero-order chi connectivity index (χ0) is 14.6. The van der Waals surface area contributed by atoms with Crippen LogP contribution in [-0.2, 0) is 0 Å². The second-order valence-electron chi connectivity index (χ2n) is 4.95. The molecule has 1 aromatic heterocycles. The standard InChI is InChI=1S/C12H19N3O4/c1-7(2)10-13-4-8(9(14-10)11(18)19)15-12(3,5-16)6-17/h4,7,15-17H,5-6H2,1-3H3,(H,18,19). The average molecular weight is 269 g/mol. The maximum atomic E-state index is 11.2. The van der Waals surface area contributed by atoms with Crippen molar-refractivity contribution in [1.82, 2.24) is 9.97 Å². The normalized spacial score (nSPS) is 11.7. The molecule has 1 aromatic rings. The van der Waals surface area contributed by atoms with Gasteiger partial charge in [-0.25, -0.2) is 14.8 Å². The van der Waals surface area contributed by atoms with Gasteiger partial charge in [0.2, 0.25) is 0 Å². The summed E-state index contributed by atoms with van der Waals surface area (Å²) in [6.45, 7) is 4.58. The van der Waals surface area contributed by atoms with Crippen LogP contribution in [-0.4, -0.2) is 50.0 Å². The third kappa shape index (κ3) is 3.62. The fourth-order valence-corrected chi connectivity index (χ4v) is 1.38. The first-order valence-corrected chi connectivity index (χ1v) is 5.93. The molecular formula is C12H19N3O4. The van der Waals surface area contributed by atoms with E-state index in [1.54, 1.807) is 6.92 Å². The lowest BCUT2D eigenvalue weighted by atomic mass is 10.0. The first kappa shape index (κ1) is 15.3. The number of aliphatic hydroxyl groups is 2. The molecule has 0 fully saturated rings. The highest BCUT2D eigenvalue weighted by atomic mass is 16.4. The van der Waals surface area contributed by atoms with Gasteiger partial charge in [-0.2, -0.15) is 0 Å². The van der Waals surface area contributed by atoms with E-state index >= 15 is 0 Å². The summed E-state index contributed by atoms with van der Waals surface area (Å²) < 4.78 is 0. The molecule has 7 nitrogen and oxygen atoms in total. The average Bonchev–Trinajstić information content (AvgIpc) is 2.38. The molecule has 7 heteroatoms. The van der Waals surface area contributed by atoms with Gasteiger partial charge in [-0.1, -0.05) is 13.8 Å². The quantitative estimate of drug-likeness (QED) is 0.592. The van der Waals surface area contributed by atoms with E-state index in [0.717, 1.165) is 0 Å². The first-order chi connectivity index (χ1) is 8.83. The molecule has 1 heterocycles. The predicted octanol–water partition coefficient (Wildman–Crippen LogP) is 0.453. The van der Waals surface area contributed by atoms with Gasteiger partial charge in [0.1, 0.15) is 5.82 Å². The lowest BCUT2D eigenvalue weighted by molar-refractivity contribution is 0.0690. The van der Waals surface area contributed by atoms with Crippen LogP contribution < -0.4 is 5.32 Å². The Balaban J connectivity index is 3.17. The summed E-state index contributed by atoms with van der Waals surface area (Å²) in [7, 11) is 0. The summed E-state index contributed by atoms with van der Waals surface area (Å²) in [5.41, 5.74) is -1.04. The highest BCUT2D eigenvalue weighted by Gasteiger charge is 2.25. The molecule has 4 N–H and O–H groups in total. The summed E-state index contributed by atoms with van der Waals surface area (Å²) in [4.78, 5) is 19.3. The van der Waals surface area contributed by atoms with E-state index in [1.165, 1.54) is 6.20 Å². The van der Waals surface area contributed by atoms with Gasteiger partial charge in [0.25, 0.3) is 0 Å². The van der Waals surface area contributed by atoms with Gasteiger partial charge in [-0.3, -0.25) is 0 Å². The minimum absolute atomic E-state index is 0.00853. The number of hydrogen-bond acceptors (Lipinski definition) is 6. The SMILES string of the molecule is CC(C)c1ncc(NC(C)(CO)CO)c(C(=O)O)n1. The van der Waals surface area contributed by atoms with Crippen LogP contribution in [0.25, 0.3) is 0 Å². The Bertz CT molecular complexity index is 458. The molecule has 0 saturated carbocycles. The summed E-state index contributed by atoms with van der Waals surface area (Å²) in [6.07, 6.45) is 1.36. The van der Waals surface area contributed by atoms with Gasteiger partial charge in [0.15, 0.2) is 5.69 Å². The van der Waals surface area contributed by atoms with Gasteiger partial charge >= 0.3 is 5.97 Å². The van der Waals surface area contributed by atoms with Crippen LogP contribution in [0.2, 0.25) is 0 Å². The number of nitrogens with zero attached hydrogens (tertiary/aromatic N) is 2. The number of hydrogen-bond donors (Lipinski definition) is 4. The lowest BCUT2D eigenvalue weighted by Gasteiger charge is -2.27. The minimum atomic E-state index is -1.19. The van der Waals surface area contributed by atoms with Crippen LogP contribution in [0.3, 0.4) is 0 Å². The van der Waals surface area contributed by atoms with E-state index in [1.807, 2.05) is 13.8 Å². The van der Waals surface area contributed by atoms with Crippen molar-refractivity contribution in [3.63, 3.8) is 0 Å². The molecule has 1 rings (SSSR count). The summed E-state index contributed by atoms with van der Waals surface area (Å²) >= 11 is 0. The number of aromatic nitrogens is 2. The Labute approximate surface area is 111 Å². The van der Waals surface area contributed by atoms with Crippen molar-refractivity contribution in [2.75, 3.05) is 18.5 Å². The van der Waals surface area contributed by atoms with E-state index in [4.69, 9.17) is 5.11 Å². The first-order valence-electron chi connectivity index (χ1n) is 5.93. The monoisotopic (exact) mass is 269 g/mol. The number of nitrogens with one attached hydrogen (secondary N) is 1. The van der Waals surface area contributed by atoms with Crippen molar-refractivity contribution in [2.24, 2.45) is 0 Å². The second-order valence-corrected chi connectivity index (χ2v) is 4.95.